The number of nitrogens with zero attached hydrogens (tertiary/aromatic N) is 3. The Morgan fingerprint density at radius 3 is 2.64 bits per heavy atom. The lowest BCUT2D eigenvalue weighted by atomic mass is 10.3. The molecule has 1 aromatic heterocycles. The van der Waals surface area contributed by atoms with Gasteiger partial charge in [0.25, 0.3) is 0 Å². The van der Waals surface area contributed by atoms with Gasteiger partial charge in [0.15, 0.2) is 0 Å². The Morgan fingerprint density at radius 1 is 1.18 bits per heavy atom. The first-order valence-corrected chi connectivity index (χ1v) is 8.79. The van der Waals surface area contributed by atoms with Crippen molar-refractivity contribution in [2.45, 2.75) is 45.3 Å². The molecule has 0 spiro atoms. The van der Waals surface area contributed by atoms with Crippen molar-refractivity contribution in [2.24, 2.45) is 0 Å². The Labute approximate surface area is 134 Å². The van der Waals surface area contributed by atoms with E-state index in [-0.39, 0.29) is 0 Å². The first-order chi connectivity index (χ1) is 10.5. The van der Waals surface area contributed by atoms with Crippen molar-refractivity contribution in [1.29, 1.82) is 0 Å². The number of hydrogen-bond donors (Lipinski definition) is 0. The number of hydrogen-bond acceptors (Lipinski definition) is 4. The summed E-state index contributed by atoms with van der Waals surface area (Å²) in [7, 11) is 0. The van der Waals surface area contributed by atoms with E-state index in [1.54, 1.807) is 11.3 Å². The van der Waals surface area contributed by atoms with Crippen LogP contribution in [0.1, 0.15) is 36.9 Å². The standard InChI is InChI=1S/C15H24F3N3S/c1-2-3-5-14-19-13(11-22-14)10-20-6-4-7-21(9-8-20)12-15(16,17)18/h11H,2-10,12H2,1H3. The van der Waals surface area contributed by atoms with Crippen LogP contribution in [0.2, 0.25) is 0 Å². The van der Waals surface area contributed by atoms with Crippen molar-refractivity contribution >= 4 is 11.3 Å². The largest absolute Gasteiger partial charge is 0.401 e. The van der Waals surface area contributed by atoms with Gasteiger partial charge in [-0.1, -0.05) is 13.3 Å². The van der Waals surface area contributed by atoms with Crippen molar-refractivity contribution < 1.29 is 13.2 Å². The van der Waals surface area contributed by atoms with Gasteiger partial charge < -0.3 is 0 Å². The molecule has 7 heteroatoms. The molecule has 0 saturated carbocycles. The third-order valence-electron chi connectivity index (χ3n) is 3.81. The fourth-order valence-corrected chi connectivity index (χ4v) is 3.52. The predicted octanol–water partition coefficient (Wildman–Crippen LogP) is 3.56. The molecule has 22 heavy (non-hydrogen) atoms. The van der Waals surface area contributed by atoms with Gasteiger partial charge in [0.2, 0.25) is 0 Å². The summed E-state index contributed by atoms with van der Waals surface area (Å²) in [5.74, 6) is 0. The predicted molar refractivity (Wildman–Crippen MR) is 83.1 cm³/mol. The number of aryl methyl sites for hydroxylation is 1. The fourth-order valence-electron chi connectivity index (χ4n) is 2.69. The fraction of sp³-hybridized carbons (Fsp3) is 0.800. The van der Waals surface area contributed by atoms with Crippen molar-refractivity contribution in [3.05, 3.63) is 16.1 Å². The second kappa shape index (κ2) is 8.26. The molecule has 0 N–H and O–H groups in total. The average Bonchev–Trinajstić information content (AvgIpc) is 2.76. The average molecular weight is 335 g/mol. The maximum Gasteiger partial charge on any atom is 0.401 e. The minimum absolute atomic E-state index is 0.479. The topological polar surface area (TPSA) is 19.4 Å². The number of rotatable bonds is 6. The molecule has 1 saturated heterocycles. The first kappa shape index (κ1) is 17.7. The summed E-state index contributed by atoms with van der Waals surface area (Å²) < 4.78 is 37.4. The molecule has 3 nitrogen and oxygen atoms in total. The van der Waals surface area contributed by atoms with Gasteiger partial charge in [0.1, 0.15) is 0 Å². The molecule has 0 aromatic carbocycles. The van der Waals surface area contributed by atoms with Crippen molar-refractivity contribution in [3.63, 3.8) is 0 Å². The summed E-state index contributed by atoms with van der Waals surface area (Å²) in [4.78, 5) is 8.36. The van der Waals surface area contributed by atoms with Crippen LogP contribution in [0.4, 0.5) is 13.2 Å². The lowest BCUT2D eigenvalue weighted by molar-refractivity contribution is -0.145. The van der Waals surface area contributed by atoms with E-state index < -0.39 is 12.7 Å². The lowest BCUT2D eigenvalue weighted by Crippen LogP contribution is -2.37. The molecule has 126 valence electrons. The first-order valence-electron chi connectivity index (χ1n) is 7.91. The van der Waals surface area contributed by atoms with E-state index in [1.165, 1.54) is 9.91 Å². The van der Waals surface area contributed by atoms with Gasteiger partial charge in [-0.25, -0.2) is 4.98 Å². The highest BCUT2D eigenvalue weighted by Crippen LogP contribution is 2.19. The Bertz CT molecular complexity index is 447. The van der Waals surface area contributed by atoms with E-state index in [0.717, 1.165) is 44.5 Å². The van der Waals surface area contributed by atoms with E-state index in [1.807, 2.05) is 0 Å². The van der Waals surface area contributed by atoms with E-state index in [9.17, 15) is 13.2 Å². The number of thiazole rings is 1. The van der Waals surface area contributed by atoms with Gasteiger partial charge in [-0.05, 0) is 32.4 Å². The van der Waals surface area contributed by atoms with Gasteiger partial charge in [-0.3, -0.25) is 9.80 Å². The highest BCUT2D eigenvalue weighted by molar-refractivity contribution is 7.09. The van der Waals surface area contributed by atoms with Crippen LogP contribution in [-0.4, -0.2) is 53.7 Å². The minimum Gasteiger partial charge on any atom is -0.296 e. The molecule has 1 aromatic rings. The highest BCUT2D eigenvalue weighted by atomic mass is 32.1. The Hall–Kier alpha value is -0.660. The zero-order chi connectivity index (χ0) is 16.0. The number of aromatic nitrogens is 1. The summed E-state index contributed by atoms with van der Waals surface area (Å²) in [6.45, 7) is 4.65. The van der Waals surface area contributed by atoms with Crippen LogP contribution in [0.15, 0.2) is 5.38 Å². The highest BCUT2D eigenvalue weighted by Gasteiger charge is 2.31. The molecule has 1 aliphatic rings. The normalized spacial score (nSPS) is 18.5. The molecule has 0 bridgehead atoms. The van der Waals surface area contributed by atoms with Crippen LogP contribution in [0.5, 0.6) is 0 Å². The quantitative estimate of drug-likeness (QED) is 0.792. The second-order valence-electron chi connectivity index (χ2n) is 5.86. The van der Waals surface area contributed by atoms with Crippen LogP contribution in [0.25, 0.3) is 0 Å². The van der Waals surface area contributed by atoms with E-state index in [0.29, 0.717) is 19.6 Å². The van der Waals surface area contributed by atoms with Gasteiger partial charge >= 0.3 is 6.18 Å². The SMILES string of the molecule is CCCCc1nc(CN2CCCN(CC(F)(F)F)CC2)cs1. The van der Waals surface area contributed by atoms with Gasteiger partial charge in [-0.15, -0.1) is 11.3 Å². The summed E-state index contributed by atoms with van der Waals surface area (Å²) in [5, 5.41) is 3.26. The Balaban J connectivity index is 1.80. The van der Waals surface area contributed by atoms with Crippen LogP contribution < -0.4 is 0 Å². The smallest absolute Gasteiger partial charge is 0.296 e. The van der Waals surface area contributed by atoms with Crippen LogP contribution >= 0.6 is 11.3 Å². The molecule has 0 radical (unpaired) electrons. The molecule has 2 heterocycles. The molecule has 0 atom stereocenters. The van der Waals surface area contributed by atoms with E-state index >= 15 is 0 Å². The van der Waals surface area contributed by atoms with Crippen LogP contribution in [0, 0.1) is 0 Å². The lowest BCUT2D eigenvalue weighted by Gasteiger charge is -2.22. The summed E-state index contributed by atoms with van der Waals surface area (Å²) >= 11 is 1.69. The molecule has 2 rings (SSSR count). The monoisotopic (exact) mass is 335 g/mol. The third-order valence-corrected chi connectivity index (χ3v) is 4.77. The third kappa shape index (κ3) is 6.22. The van der Waals surface area contributed by atoms with Gasteiger partial charge in [0.05, 0.1) is 17.2 Å². The minimum atomic E-state index is -4.10. The summed E-state index contributed by atoms with van der Waals surface area (Å²) in [6, 6.07) is 0. The summed E-state index contributed by atoms with van der Waals surface area (Å²) in [5.41, 5.74) is 1.06. The zero-order valence-electron chi connectivity index (χ0n) is 13.0. The number of halogens is 3. The molecule has 0 amide bonds. The zero-order valence-corrected chi connectivity index (χ0v) is 13.8. The maximum atomic E-state index is 12.5. The Kier molecular flexibility index (Phi) is 6.65. The molecule has 0 aliphatic carbocycles. The number of unbranched alkanes of at least 4 members (excludes halogenated alkanes) is 1. The molecule has 1 aliphatic heterocycles. The van der Waals surface area contributed by atoms with Crippen molar-refractivity contribution in [2.75, 3.05) is 32.7 Å². The molecular weight excluding hydrogens is 311 g/mol. The van der Waals surface area contributed by atoms with E-state index in [2.05, 4.69) is 22.2 Å². The van der Waals surface area contributed by atoms with Crippen molar-refractivity contribution in [1.82, 2.24) is 14.8 Å². The summed E-state index contributed by atoms with van der Waals surface area (Å²) in [6.07, 6.45) is 0.0286. The van der Waals surface area contributed by atoms with Crippen LogP contribution in [-0.2, 0) is 13.0 Å². The molecular formula is C15H24F3N3S. The Morgan fingerprint density at radius 2 is 1.91 bits per heavy atom. The molecule has 1 fully saturated rings. The second-order valence-corrected chi connectivity index (χ2v) is 6.80. The number of alkyl halides is 3. The molecule has 0 unspecified atom stereocenters. The van der Waals surface area contributed by atoms with Crippen LogP contribution in [0.3, 0.4) is 0 Å². The van der Waals surface area contributed by atoms with Gasteiger partial charge in [-0.2, -0.15) is 13.2 Å². The van der Waals surface area contributed by atoms with E-state index in [4.69, 9.17) is 0 Å². The maximum absolute atomic E-state index is 12.5. The van der Waals surface area contributed by atoms with Crippen molar-refractivity contribution in [3.8, 4) is 0 Å². The van der Waals surface area contributed by atoms with Gasteiger partial charge in [0, 0.05) is 25.0 Å².